The zero-order valence-electron chi connectivity index (χ0n) is 5.38. The second kappa shape index (κ2) is 2.36. The first kappa shape index (κ1) is 6.37. The van der Waals surface area contributed by atoms with Crippen molar-refractivity contribution in [2.75, 3.05) is 6.61 Å². The summed E-state index contributed by atoms with van der Waals surface area (Å²) in [4.78, 5) is 0. The molecule has 1 aliphatic rings. The van der Waals surface area contributed by atoms with Crippen molar-refractivity contribution >= 4 is 15.9 Å². The van der Waals surface area contributed by atoms with Gasteiger partial charge in [-0.1, -0.05) is 0 Å². The average molecular weight is 203 g/mol. The van der Waals surface area contributed by atoms with E-state index in [0.717, 1.165) is 23.4 Å². The predicted molar refractivity (Wildman–Crippen MR) is 39.6 cm³/mol. The van der Waals surface area contributed by atoms with Gasteiger partial charge in [-0.05, 0) is 22.0 Å². The number of hydrogen-bond acceptors (Lipinski definition) is 2. The van der Waals surface area contributed by atoms with Crippen molar-refractivity contribution in [1.29, 1.82) is 0 Å². The lowest BCUT2D eigenvalue weighted by Crippen LogP contribution is -2.16. The second-order valence-corrected chi connectivity index (χ2v) is 3.05. The van der Waals surface area contributed by atoms with E-state index in [1.54, 1.807) is 0 Å². The Morgan fingerprint density at radius 1 is 1.70 bits per heavy atom. The Labute approximate surface area is 67.1 Å². The minimum atomic E-state index is 0.693. The number of halogens is 1. The van der Waals surface area contributed by atoms with Gasteiger partial charge in [0.05, 0.1) is 25.5 Å². The molecule has 2 heterocycles. The van der Waals surface area contributed by atoms with Crippen LogP contribution in [0.25, 0.3) is 0 Å². The first-order valence-electron chi connectivity index (χ1n) is 3.16. The van der Waals surface area contributed by atoms with Gasteiger partial charge in [-0.3, -0.25) is 4.68 Å². The van der Waals surface area contributed by atoms with Crippen LogP contribution < -0.4 is 0 Å². The molecule has 0 radical (unpaired) electrons. The molecule has 0 atom stereocenters. The number of rotatable bonds is 0. The summed E-state index contributed by atoms with van der Waals surface area (Å²) >= 11 is 3.30. The molecule has 0 saturated carbocycles. The van der Waals surface area contributed by atoms with Gasteiger partial charge in [0.2, 0.25) is 0 Å². The van der Waals surface area contributed by atoms with Gasteiger partial charge in [-0.15, -0.1) is 0 Å². The van der Waals surface area contributed by atoms with E-state index in [-0.39, 0.29) is 0 Å². The summed E-state index contributed by atoms with van der Waals surface area (Å²) in [6.07, 6.45) is 0. The zero-order valence-corrected chi connectivity index (χ0v) is 6.97. The summed E-state index contributed by atoms with van der Waals surface area (Å²) in [7, 11) is 0. The van der Waals surface area contributed by atoms with Gasteiger partial charge in [-0.2, -0.15) is 5.10 Å². The fourth-order valence-corrected chi connectivity index (χ4v) is 1.51. The molecular formula is C6H7BrN2O. The van der Waals surface area contributed by atoms with Crippen LogP contribution in [0, 0.1) is 0 Å². The first-order valence-corrected chi connectivity index (χ1v) is 3.95. The Morgan fingerprint density at radius 2 is 2.60 bits per heavy atom. The molecular weight excluding hydrogens is 196 g/mol. The lowest BCUT2D eigenvalue weighted by atomic mass is 10.4. The maximum absolute atomic E-state index is 5.23. The number of fused-ring (bicyclic) bond motifs is 1. The normalized spacial score (nSPS) is 16.9. The molecule has 2 rings (SSSR count). The monoisotopic (exact) mass is 202 g/mol. The number of aromatic nitrogens is 2. The van der Waals surface area contributed by atoms with Crippen molar-refractivity contribution in [3.63, 3.8) is 0 Å². The minimum Gasteiger partial charge on any atom is -0.373 e. The van der Waals surface area contributed by atoms with Crippen LogP contribution in [0.1, 0.15) is 5.69 Å². The third-order valence-electron chi connectivity index (χ3n) is 1.53. The Kier molecular flexibility index (Phi) is 1.50. The summed E-state index contributed by atoms with van der Waals surface area (Å²) < 4.78 is 8.09. The molecule has 4 heteroatoms. The van der Waals surface area contributed by atoms with E-state index in [1.807, 2.05) is 10.7 Å². The van der Waals surface area contributed by atoms with Crippen LogP contribution in [-0.2, 0) is 17.9 Å². The van der Waals surface area contributed by atoms with Gasteiger partial charge < -0.3 is 4.74 Å². The summed E-state index contributed by atoms with van der Waals surface area (Å²) in [6.45, 7) is 2.35. The van der Waals surface area contributed by atoms with Gasteiger partial charge in [0.1, 0.15) is 4.60 Å². The summed E-state index contributed by atoms with van der Waals surface area (Å²) in [6, 6.07) is 1.99. The van der Waals surface area contributed by atoms with Gasteiger partial charge in [0.15, 0.2) is 0 Å². The van der Waals surface area contributed by atoms with E-state index in [0.29, 0.717) is 6.61 Å². The summed E-state index contributed by atoms with van der Waals surface area (Å²) in [5.41, 5.74) is 1.15. The Morgan fingerprint density at radius 3 is 3.40 bits per heavy atom. The molecule has 1 aliphatic heterocycles. The van der Waals surface area contributed by atoms with Crippen LogP contribution in [0.2, 0.25) is 0 Å². The standard InChI is InChI=1S/C6H7BrN2O/c7-6-3-5-4-10-2-1-9(5)8-6/h3H,1-2,4H2. The molecule has 1 aromatic rings. The quantitative estimate of drug-likeness (QED) is 0.632. The van der Waals surface area contributed by atoms with Crippen molar-refractivity contribution in [2.24, 2.45) is 0 Å². The van der Waals surface area contributed by atoms with Crippen LogP contribution in [0.4, 0.5) is 0 Å². The topological polar surface area (TPSA) is 27.1 Å². The average Bonchev–Trinajstić information content (AvgIpc) is 2.27. The Balaban J connectivity index is 2.41. The molecule has 0 fully saturated rings. The summed E-state index contributed by atoms with van der Waals surface area (Å²) in [5, 5.41) is 4.20. The molecule has 3 nitrogen and oxygen atoms in total. The maximum atomic E-state index is 5.23. The highest BCUT2D eigenvalue weighted by molar-refractivity contribution is 9.10. The molecule has 10 heavy (non-hydrogen) atoms. The molecule has 0 saturated heterocycles. The fraction of sp³-hybridized carbons (Fsp3) is 0.500. The van der Waals surface area contributed by atoms with E-state index in [2.05, 4.69) is 21.0 Å². The Bertz CT molecular complexity index is 222. The van der Waals surface area contributed by atoms with Crippen molar-refractivity contribution in [3.8, 4) is 0 Å². The largest absolute Gasteiger partial charge is 0.373 e. The predicted octanol–water partition coefficient (Wildman–Crippen LogP) is 1.18. The molecule has 0 unspecified atom stereocenters. The lowest BCUT2D eigenvalue weighted by Gasteiger charge is -2.12. The zero-order chi connectivity index (χ0) is 6.97. The van der Waals surface area contributed by atoms with E-state index in [9.17, 15) is 0 Å². The number of nitrogens with zero attached hydrogens (tertiary/aromatic N) is 2. The first-order chi connectivity index (χ1) is 4.86. The van der Waals surface area contributed by atoms with E-state index in [4.69, 9.17) is 4.74 Å². The van der Waals surface area contributed by atoms with Crippen molar-refractivity contribution in [1.82, 2.24) is 9.78 Å². The molecule has 0 spiro atoms. The van der Waals surface area contributed by atoms with E-state index in [1.165, 1.54) is 0 Å². The van der Waals surface area contributed by atoms with Gasteiger partial charge >= 0.3 is 0 Å². The lowest BCUT2D eigenvalue weighted by molar-refractivity contribution is 0.0800. The molecule has 1 aromatic heterocycles. The van der Waals surface area contributed by atoms with Gasteiger partial charge in [-0.25, -0.2) is 0 Å². The van der Waals surface area contributed by atoms with Crippen LogP contribution in [0.5, 0.6) is 0 Å². The molecule has 0 N–H and O–H groups in total. The van der Waals surface area contributed by atoms with E-state index >= 15 is 0 Å². The highest BCUT2D eigenvalue weighted by atomic mass is 79.9. The highest BCUT2D eigenvalue weighted by Gasteiger charge is 2.09. The van der Waals surface area contributed by atoms with Crippen molar-refractivity contribution in [3.05, 3.63) is 16.4 Å². The van der Waals surface area contributed by atoms with Gasteiger partial charge in [0.25, 0.3) is 0 Å². The maximum Gasteiger partial charge on any atom is 0.128 e. The van der Waals surface area contributed by atoms with Gasteiger partial charge in [0, 0.05) is 0 Å². The third kappa shape index (κ3) is 0.973. The smallest absolute Gasteiger partial charge is 0.128 e. The number of ether oxygens (including phenoxy) is 1. The highest BCUT2D eigenvalue weighted by Crippen LogP contribution is 2.14. The summed E-state index contributed by atoms with van der Waals surface area (Å²) in [5.74, 6) is 0. The number of hydrogen-bond donors (Lipinski definition) is 0. The molecule has 54 valence electrons. The molecule has 0 aliphatic carbocycles. The fourth-order valence-electron chi connectivity index (χ4n) is 1.06. The van der Waals surface area contributed by atoms with Crippen molar-refractivity contribution in [2.45, 2.75) is 13.2 Å². The SMILES string of the molecule is Brc1cc2n(n1)CCOC2. The molecule has 0 aromatic carbocycles. The second-order valence-electron chi connectivity index (χ2n) is 2.23. The molecule has 0 bridgehead atoms. The third-order valence-corrected chi connectivity index (χ3v) is 1.92. The van der Waals surface area contributed by atoms with Crippen LogP contribution in [0.15, 0.2) is 10.7 Å². The Hall–Kier alpha value is -0.350. The van der Waals surface area contributed by atoms with E-state index < -0.39 is 0 Å². The van der Waals surface area contributed by atoms with Crippen LogP contribution >= 0.6 is 15.9 Å². The van der Waals surface area contributed by atoms with Crippen LogP contribution in [-0.4, -0.2) is 16.4 Å². The molecule has 0 amide bonds. The minimum absolute atomic E-state index is 0.693. The van der Waals surface area contributed by atoms with Crippen molar-refractivity contribution < 1.29 is 4.74 Å². The van der Waals surface area contributed by atoms with Crippen LogP contribution in [0.3, 0.4) is 0 Å².